The first kappa shape index (κ1) is 14.4. The Bertz CT molecular complexity index is 546. The van der Waals surface area contributed by atoms with Crippen LogP contribution in [0.5, 0.6) is 0 Å². The van der Waals surface area contributed by atoms with Gasteiger partial charge in [-0.2, -0.15) is 0 Å². The third-order valence-corrected chi connectivity index (χ3v) is 2.99. The second-order valence-electron chi connectivity index (χ2n) is 4.36. The van der Waals surface area contributed by atoms with Crippen molar-refractivity contribution in [1.29, 1.82) is 0 Å². The molecule has 0 radical (unpaired) electrons. The van der Waals surface area contributed by atoms with Crippen LogP contribution in [0.1, 0.15) is 22.8 Å². The van der Waals surface area contributed by atoms with Gasteiger partial charge in [0.25, 0.3) is 0 Å². The third kappa shape index (κ3) is 3.76. The first-order valence-electron chi connectivity index (χ1n) is 6.64. The SMILES string of the molecule is CCOCOCc1ccc(-c2ccccc2C=O)cc1. The summed E-state index contributed by atoms with van der Waals surface area (Å²) in [5.41, 5.74) is 3.76. The first-order valence-corrected chi connectivity index (χ1v) is 6.64. The Morgan fingerprint density at radius 2 is 1.75 bits per heavy atom. The van der Waals surface area contributed by atoms with Gasteiger partial charge in [-0.3, -0.25) is 4.79 Å². The standard InChI is InChI=1S/C17H18O3/c1-2-19-13-20-12-14-7-9-15(10-8-14)17-6-4-3-5-16(17)11-18/h3-11H,2,12-13H2,1H3. The average molecular weight is 270 g/mol. The largest absolute Gasteiger partial charge is 0.356 e. The number of rotatable bonds is 7. The van der Waals surface area contributed by atoms with Gasteiger partial charge < -0.3 is 9.47 Å². The molecular weight excluding hydrogens is 252 g/mol. The summed E-state index contributed by atoms with van der Waals surface area (Å²) in [5.74, 6) is 0. The normalized spacial score (nSPS) is 10.4. The fraction of sp³-hybridized carbons (Fsp3) is 0.235. The second kappa shape index (κ2) is 7.58. The van der Waals surface area contributed by atoms with E-state index in [2.05, 4.69) is 0 Å². The number of ether oxygens (including phenoxy) is 2. The van der Waals surface area contributed by atoms with Crippen molar-refractivity contribution in [1.82, 2.24) is 0 Å². The maximum atomic E-state index is 11.0. The van der Waals surface area contributed by atoms with Crippen molar-refractivity contribution in [3.63, 3.8) is 0 Å². The zero-order valence-electron chi connectivity index (χ0n) is 11.5. The molecule has 0 fully saturated rings. The molecule has 0 N–H and O–H groups in total. The quantitative estimate of drug-likeness (QED) is 0.437. The molecule has 0 saturated carbocycles. The smallest absolute Gasteiger partial charge is 0.150 e. The van der Waals surface area contributed by atoms with Crippen LogP contribution in [0.3, 0.4) is 0 Å². The van der Waals surface area contributed by atoms with Crippen molar-refractivity contribution >= 4 is 6.29 Å². The number of hydrogen-bond donors (Lipinski definition) is 0. The maximum absolute atomic E-state index is 11.0. The molecule has 0 heterocycles. The fourth-order valence-electron chi connectivity index (χ4n) is 1.94. The lowest BCUT2D eigenvalue weighted by Crippen LogP contribution is -1.99. The Balaban J connectivity index is 2.06. The van der Waals surface area contributed by atoms with E-state index in [4.69, 9.17) is 9.47 Å². The highest BCUT2D eigenvalue weighted by molar-refractivity contribution is 5.87. The van der Waals surface area contributed by atoms with Crippen molar-refractivity contribution in [2.45, 2.75) is 13.5 Å². The molecule has 0 unspecified atom stereocenters. The minimum atomic E-state index is 0.312. The number of hydrogen-bond acceptors (Lipinski definition) is 3. The van der Waals surface area contributed by atoms with Gasteiger partial charge in [-0.25, -0.2) is 0 Å². The molecule has 104 valence electrons. The minimum absolute atomic E-state index is 0.312. The molecule has 0 atom stereocenters. The van der Waals surface area contributed by atoms with Crippen LogP contribution in [-0.2, 0) is 16.1 Å². The van der Waals surface area contributed by atoms with Gasteiger partial charge in [0, 0.05) is 12.2 Å². The van der Waals surface area contributed by atoms with Crippen molar-refractivity contribution in [3.8, 4) is 11.1 Å². The summed E-state index contributed by atoms with van der Waals surface area (Å²) in [5, 5.41) is 0. The van der Waals surface area contributed by atoms with E-state index in [9.17, 15) is 4.79 Å². The highest BCUT2D eigenvalue weighted by Gasteiger charge is 2.03. The van der Waals surface area contributed by atoms with E-state index >= 15 is 0 Å². The van der Waals surface area contributed by atoms with Crippen molar-refractivity contribution < 1.29 is 14.3 Å². The van der Waals surface area contributed by atoms with Gasteiger partial charge in [0.2, 0.25) is 0 Å². The predicted octanol–water partition coefficient (Wildman–Crippen LogP) is 3.68. The van der Waals surface area contributed by atoms with Gasteiger partial charge in [-0.05, 0) is 23.6 Å². The van der Waals surface area contributed by atoms with Crippen LogP contribution >= 0.6 is 0 Å². The lowest BCUT2D eigenvalue weighted by Gasteiger charge is -2.07. The number of carbonyl (C=O) groups is 1. The molecule has 3 nitrogen and oxygen atoms in total. The van der Waals surface area contributed by atoms with E-state index in [-0.39, 0.29) is 0 Å². The Labute approximate surface area is 119 Å². The van der Waals surface area contributed by atoms with Crippen LogP contribution < -0.4 is 0 Å². The minimum Gasteiger partial charge on any atom is -0.356 e. The predicted molar refractivity (Wildman–Crippen MR) is 78.5 cm³/mol. The summed E-state index contributed by atoms with van der Waals surface area (Å²) in [6.07, 6.45) is 0.883. The second-order valence-corrected chi connectivity index (χ2v) is 4.36. The molecule has 2 aromatic carbocycles. The van der Waals surface area contributed by atoms with Gasteiger partial charge in [0.15, 0.2) is 6.29 Å². The molecule has 0 aliphatic heterocycles. The molecule has 2 aromatic rings. The summed E-state index contributed by atoms with van der Waals surface area (Å²) >= 11 is 0. The first-order chi connectivity index (χ1) is 9.85. The van der Waals surface area contributed by atoms with Crippen LogP contribution in [0.4, 0.5) is 0 Å². The Morgan fingerprint density at radius 1 is 1.00 bits per heavy atom. The molecule has 0 saturated heterocycles. The van der Waals surface area contributed by atoms with E-state index in [1.165, 1.54) is 0 Å². The van der Waals surface area contributed by atoms with Crippen LogP contribution in [0.15, 0.2) is 48.5 Å². The van der Waals surface area contributed by atoms with Crippen molar-refractivity contribution in [3.05, 3.63) is 59.7 Å². The van der Waals surface area contributed by atoms with Crippen LogP contribution in [0.2, 0.25) is 0 Å². The molecule has 0 aliphatic rings. The lowest BCUT2D eigenvalue weighted by atomic mass is 9.99. The number of benzene rings is 2. The highest BCUT2D eigenvalue weighted by Crippen LogP contribution is 2.23. The Morgan fingerprint density at radius 3 is 2.45 bits per heavy atom. The van der Waals surface area contributed by atoms with Crippen LogP contribution in [-0.4, -0.2) is 19.7 Å². The van der Waals surface area contributed by atoms with Crippen molar-refractivity contribution in [2.24, 2.45) is 0 Å². The summed E-state index contributed by atoms with van der Waals surface area (Å²) < 4.78 is 10.5. The van der Waals surface area contributed by atoms with E-state index in [1.807, 2.05) is 55.5 Å². The van der Waals surface area contributed by atoms with E-state index < -0.39 is 0 Å². The zero-order valence-corrected chi connectivity index (χ0v) is 11.5. The third-order valence-electron chi connectivity index (χ3n) is 2.99. The van der Waals surface area contributed by atoms with E-state index in [1.54, 1.807) is 0 Å². The lowest BCUT2D eigenvalue weighted by molar-refractivity contribution is -0.0571. The van der Waals surface area contributed by atoms with E-state index in [0.29, 0.717) is 25.6 Å². The molecule has 0 spiro atoms. The maximum Gasteiger partial charge on any atom is 0.150 e. The zero-order chi connectivity index (χ0) is 14.2. The monoisotopic (exact) mass is 270 g/mol. The molecule has 0 bridgehead atoms. The molecule has 20 heavy (non-hydrogen) atoms. The topological polar surface area (TPSA) is 35.5 Å². The van der Waals surface area contributed by atoms with Gasteiger partial charge in [0.1, 0.15) is 6.79 Å². The van der Waals surface area contributed by atoms with Gasteiger partial charge in [0.05, 0.1) is 6.61 Å². The average Bonchev–Trinajstić information content (AvgIpc) is 2.52. The Kier molecular flexibility index (Phi) is 5.47. The van der Waals surface area contributed by atoms with Crippen LogP contribution in [0, 0.1) is 0 Å². The fourth-order valence-corrected chi connectivity index (χ4v) is 1.94. The highest BCUT2D eigenvalue weighted by atomic mass is 16.7. The molecule has 0 aliphatic carbocycles. The van der Waals surface area contributed by atoms with Gasteiger partial charge in [-0.1, -0.05) is 48.5 Å². The Hall–Kier alpha value is -1.97. The summed E-state index contributed by atoms with van der Waals surface area (Å²) in [6.45, 7) is 3.42. The summed E-state index contributed by atoms with van der Waals surface area (Å²) in [7, 11) is 0. The van der Waals surface area contributed by atoms with Gasteiger partial charge >= 0.3 is 0 Å². The van der Waals surface area contributed by atoms with Crippen molar-refractivity contribution in [2.75, 3.05) is 13.4 Å². The van der Waals surface area contributed by atoms with E-state index in [0.717, 1.165) is 23.0 Å². The van der Waals surface area contributed by atoms with Crippen LogP contribution in [0.25, 0.3) is 11.1 Å². The molecule has 0 aromatic heterocycles. The number of aldehydes is 1. The van der Waals surface area contributed by atoms with Gasteiger partial charge in [-0.15, -0.1) is 0 Å². The summed E-state index contributed by atoms with van der Waals surface area (Å²) in [4.78, 5) is 11.0. The number of carbonyl (C=O) groups excluding carboxylic acids is 1. The molecule has 3 heteroatoms. The molecular formula is C17H18O3. The summed E-state index contributed by atoms with van der Waals surface area (Å²) in [6, 6.07) is 15.6. The molecule has 2 rings (SSSR count). The molecule has 0 amide bonds.